The topological polar surface area (TPSA) is 32.8 Å². The molecular formula is C9H14N2O2S2. The Kier molecular flexibility index (Phi) is 3.96. The van der Waals surface area contributed by atoms with Gasteiger partial charge in [0.2, 0.25) is 5.91 Å². The van der Waals surface area contributed by atoms with E-state index in [1.165, 1.54) is 11.8 Å². The molecular weight excluding hydrogens is 232 g/mol. The molecule has 0 aromatic heterocycles. The molecule has 2 heterocycles. The van der Waals surface area contributed by atoms with Crippen LogP contribution in [0, 0.1) is 0 Å². The molecule has 0 N–H and O–H groups in total. The zero-order valence-electron chi connectivity index (χ0n) is 8.48. The van der Waals surface area contributed by atoms with Crippen LogP contribution in [0.15, 0.2) is 0 Å². The number of rotatable bonds is 3. The van der Waals surface area contributed by atoms with Crippen molar-refractivity contribution in [3.63, 3.8) is 0 Å². The maximum Gasteiger partial charge on any atom is 0.238 e. The molecule has 0 bridgehead atoms. The van der Waals surface area contributed by atoms with Crippen LogP contribution in [0.3, 0.4) is 0 Å². The van der Waals surface area contributed by atoms with Crippen LogP contribution in [0.1, 0.15) is 0 Å². The van der Waals surface area contributed by atoms with Crippen molar-refractivity contribution >= 4 is 34.2 Å². The summed E-state index contributed by atoms with van der Waals surface area (Å²) in [4.78, 5) is 15.5. The lowest BCUT2D eigenvalue weighted by atomic mass is 10.4. The Hall–Kier alpha value is -0.170. The molecule has 6 heteroatoms. The molecule has 0 aromatic rings. The van der Waals surface area contributed by atoms with E-state index < -0.39 is 0 Å². The summed E-state index contributed by atoms with van der Waals surface area (Å²) < 4.78 is 5.99. The van der Waals surface area contributed by atoms with Gasteiger partial charge in [0.25, 0.3) is 0 Å². The molecule has 15 heavy (non-hydrogen) atoms. The molecule has 1 amide bonds. The predicted octanol–water partition coefficient (Wildman–Crippen LogP) is 0.179. The van der Waals surface area contributed by atoms with Gasteiger partial charge in [-0.3, -0.25) is 14.6 Å². The van der Waals surface area contributed by atoms with Gasteiger partial charge in [0.05, 0.1) is 19.0 Å². The average molecular weight is 246 g/mol. The van der Waals surface area contributed by atoms with Gasteiger partial charge >= 0.3 is 0 Å². The number of nitrogens with zero attached hydrogens (tertiary/aromatic N) is 2. The van der Waals surface area contributed by atoms with Gasteiger partial charge < -0.3 is 4.74 Å². The van der Waals surface area contributed by atoms with Crippen LogP contribution in [0.4, 0.5) is 0 Å². The molecule has 2 fully saturated rings. The van der Waals surface area contributed by atoms with Crippen LogP contribution >= 0.6 is 24.0 Å². The van der Waals surface area contributed by atoms with Gasteiger partial charge in [-0.05, 0) is 0 Å². The molecule has 0 atom stereocenters. The summed E-state index contributed by atoms with van der Waals surface area (Å²) in [5, 5.41) is 0. The summed E-state index contributed by atoms with van der Waals surface area (Å²) in [6, 6.07) is 0. The van der Waals surface area contributed by atoms with Crippen LogP contribution in [0.25, 0.3) is 0 Å². The number of amides is 1. The zero-order chi connectivity index (χ0) is 10.7. The van der Waals surface area contributed by atoms with Gasteiger partial charge in [-0.2, -0.15) is 0 Å². The lowest BCUT2D eigenvalue weighted by Crippen LogP contribution is -2.42. The molecule has 2 aliphatic heterocycles. The van der Waals surface area contributed by atoms with Crippen molar-refractivity contribution in [2.75, 3.05) is 45.1 Å². The average Bonchev–Trinajstić information content (AvgIpc) is 2.58. The summed E-state index contributed by atoms with van der Waals surface area (Å²) in [5.41, 5.74) is 0. The van der Waals surface area contributed by atoms with E-state index in [1.807, 2.05) is 0 Å². The Balaban J connectivity index is 1.76. The van der Waals surface area contributed by atoms with Gasteiger partial charge in [0, 0.05) is 26.2 Å². The molecule has 4 nitrogen and oxygen atoms in total. The van der Waals surface area contributed by atoms with Gasteiger partial charge in [0.15, 0.2) is 0 Å². The van der Waals surface area contributed by atoms with Crippen LogP contribution in [0.5, 0.6) is 0 Å². The van der Waals surface area contributed by atoms with E-state index in [2.05, 4.69) is 4.90 Å². The molecule has 2 rings (SSSR count). The minimum Gasteiger partial charge on any atom is -0.379 e. The first-order chi connectivity index (χ1) is 7.27. The summed E-state index contributed by atoms with van der Waals surface area (Å²) in [7, 11) is 0. The largest absolute Gasteiger partial charge is 0.379 e. The van der Waals surface area contributed by atoms with Crippen molar-refractivity contribution < 1.29 is 9.53 Å². The Morgan fingerprint density at radius 3 is 2.67 bits per heavy atom. The summed E-state index contributed by atoms with van der Waals surface area (Å²) >= 11 is 6.57. The standard InChI is InChI=1S/C9H14N2O2S2/c12-8-7-15-9(14)11(8)2-1-10-3-5-13-6-4-10/h1-7H2. The minimum atomic E-state index is 0.151. The summed E-state index contributed by atoms with van der Waals surface area (Å²) in [5.74, 6) is 0.667. The van der Waals surface area contributed by atoms with Gasteiger partial charge in [-0.1, -0.05) is 24.0 Å². The van der Waals surface area contributed by atoms with Crippen LogP contribution < -0.4 is 0 Å². The van der Waals surface area contributed by atoms with Crippen LogP contribution in [-0.2, 0) is 9.53 Å². The molecule has 2 aliphatic rings. The second kappa shape index (κ2) is 5.25. The van der Waals surface area contributed by atoms with Crippen molar-refractivity contribution in [3.05, 3.63) is 0 Å². The Labute approximate surface area is 98.9 Å². The molecule has 0 aliphatic carbocycles. The Morgan fingerprint density at radius 1 is 1.33 bits per heavy atom. The molecule has 2 saturated heterocycles. The first-order valence-electron chi connectivity index (χ1n) is 5.04. The van der Waals surface area contributed by atoms with E-state index in [1.54, 1.807) is 4.90 Å². The smallest absolute Gasteiger partial charge is 0.238 e. The summed E-state index contributed by atoms with van der Waals surface area (Å²) in [6.45, 7) is 5.14. The maximum absolute atomic E-state index is 11.4. The number of morpholine rings is 1. The lowest BCUT2D eigenvalue weighted by Gasteiger charge is -2.28. The van der Waals surface area contributed by atoms with E-state index >= 15 is 0 Å². The number of hydrogen-bond donors (Lipinski definition) is 0. The van der Waals surface area contributed by atoms with Crippen LogP contribution in [0.2, 0.25) is 0 Å². The quantitative estimate of drug-likeness (QED) is 0.663. The number of carbonyl (C=O) groups is 1. The number of thioether (sulfide) groups is 1. The van der Waals surface area contributed by atoms with Crippen molar-refractivity contribution in [3.8, 4) is 0 Å². The van der Waals surface area contributed by atoms with Gasteiger partial charge in [-0.15, -0.1) is 0 Å². The third kappa shape index (κ3) is 2.90. The highest BCUT2D eigenvalue weighted by molar-refractivity contribution is 8.23. The van der Waals surface area contributed by atoms with Crippen molar-refractivity contribution in [2.24, 2.45) is 0 Å². The first kappa shape index (κ1) is 11.3. The zero-order valence-corrected chi connectivity index (χ0v) is 10.1. The van der Waals surface area contributed by atoms with Crippen molar-refractivity contribution in [2.45, 2.75) is 0 Å². The normalized spacial score (nSPS) is 23.9. The van der Waals surface area contributed by atoms with Crippen molar-refractivity contribution in [1.82, 2.24) is 9.80 Å². The molecule has 0 unspecified atom stereocenters. The molecule has 0 radical (unpaired) electrons. The number of hydrogen-bond acceptors (Lipinski definition) is 5. The highest BCUT2D eigenvalue weighted by Gasteiger charge is 2.26. The molecule has 0 spiro atoms. The van der Waals surface area contributed by atoms with E-state index in [0.29, 0.717) is 5.75 Å². The van der Waals surface area contributed by atoms with E-state index in [0.717, 1.165) is 43.7 Å². The van der Waals surface area contributed by atoms with E-state index in [9.17, 15) is 4.79 Å². The third-order valence-corrected chi connectivity index (χ3v) is 4.02. The highest BCUT2D eigenvalue weighted by atomic mass is 32.2. The van der Waals surface area contributed by atoms with E-state index in [-0.39, 0.29) is 5.91 Å². The molecule has 0 saturated carbocycles. The monoisotopic (exact) mass is 246 g/mol. The fourth-order valence-electron chi connectivity index (χ4n) is 1.66. The second-order valence-corrected chi connectivity index (χ2v) is 5.16. The number of thiocarbonyl (C=S) groups is 1. The minimum absolute atomic E-state index is 0.151. The van der Waals surface area contributed by atoms with Gasteiger partial charge in [-0.25, -0.2) is 0 Å². The Bertz CT molecular complexity index is 251. The van der Waals surface area contributed by atoms with E-state index in [4.69, 9.17) is 17.0 Å². The number of carbonyl (C=O) groups excluding carboxylic acids is 1. The highest BCUT2D eigenvalue weighted by Crippen LogP contribution is 2.18. The molecule has 0 aromatic carbocycles. The third-order valence-electron chi connectivity index (χ3n) is 2.58. The second-order valence-electron chi connectivity index (χ2n) is 3.55. The SMILES string of the molecule is O=C1CSC(=S)N1CCN1CCOCC1. The van der Waals surface area contributed by atoms with Gasteiger partial charge in [0.1, 0.15) is 4.32 Å². The van der Waals surface area contributed by atoms with Crippen molar-refractivity contribution in [1.29, 1.82) is 0 Å². The predicted molar refractivity (Wildman–Crippen MR) is 64.0 cm³/mol. The van der Waals surface area contributed by atoms with Crippen LogP contribution in [-0.4, -0.2) is 65.2 Å². The fourth-order valence-corrected chi connectivity index (χ4v) is 2.78. The lowest BCUT2D eigenvalue weighted by molar-refractivity contribution is -0.124. The Morgan fingerprint density at radius 2 is 2.07 bits per heavy atom. The molecule has 84 valence electrons. The fraction of sp³-hybridized carbons (Fsp3) is 0.778. The summed E-state index contributed by atoms with van der Waals surface area (Å²) in [6.07, 6.45) is 0. The number of ether oxygens (including phenoxy) is 1. The first-order valence-corrected chi connectivity index (χ1v) is 6.44. The maximum atomic E-state index is 11.4.